The molecule has 0 saturated carbocycles. The number of methoxy groups -OCH3 is 1. The van der Waals surface area contributed by atoms with Crippen LogP contribution < -0.4 is 4.74 Å². The topological polar surface area (TPSA) is 39.2 Å². The first-order valence-corrected chi connectivity index (χ1v) is 6.32. The molecule has 0 unspecified atom stereocenters. The Morgan fingerprint density at radius 1 is 1.05 bits per heavy atom. The highest BCUT2D eigenvalue weighted by molar-refractivity contribution is 6.16. The van der Waals surface area contributed by atoms with E-state index in [2.05, 4.69) is 4.98 Å². The number of rotatable bonds is 3. The number of carbonyl (C=O) groups excluding carboxylic acids is 1. The third kappa shape index (κ3) is 2.14. The molecule has 0 radical (unpaired) electrons. The lowest BCUT2D eigenvalue weighted by Gasteiger charge is -2.06. The number of hydrogen-bond acceptors (Lipinski definition) is 3. The summed E-state index contributed by atoms with van der Waals surface area (Å²) in [5.41, 5.74) is 2.09. The summed E-state index contributed by atoms with van der Waals surface area (Å²) >= 11 is 0. The zero-order valence-corrected chi connectivity index (χ0v) is 11.0. The molecule has 0 aliphatic heterocycles. The SMILES string of the molecule is COc1cccc(C(=O)c2cccc3ncccc23)c1. The van der Waals surface area contributed by atoms with Gasteiger partial charge in [0, 0.05) is 22.7 Å². The first-order chi connectivity index (χ1) is 9.79. The van der Waals surface area contributed by atoms with Gasteiger partial charge in [-0.3, -0.25) is 9.78 Å². The Balaban J connectivity index is 2.12. The summed E-state index contributed by atoms with van der Waals surface area (Å²) in [4.78, 5) is 16.9. The number of carbonyl (C=O) groups is 1. The second-order valence-electron chi connectivity index (χ2n) is 4.44. The second-order valence-corrected chi connectivity index (χ2v) is 4.44. The maximum absolute atomic E-state index is 12.6. The van der Waals surface area contributed by atoms with Gasteiger partial charge in [-0.1, -0.05) is 30.3 Å². The minimum Gasteiger partial charge on any atom is -0.497 e. The van der Waals surface area contributed by atoms with Crippen molar-refractivity contribution in [2.75, 3.05) is 7.11 Å². The van der Waals surface area contributed by atoms with Crippen molar-refractivity contribution in [2.24, 2.45) is 0 Å². The molecule has 0 aliphatic rings. The lowest BCUT2D eigenvalue weighted by Crippen LogP contribution is -2.02. The van der Waals surface area contributed by atoms with Gasteiger partial charge in [0.15, 0.2) is 5.78 Å². The molecule has 0 spiro atoms. The van der Waals surface area contributed by atoms with Crippen LogP contribution in [0.15, 0.2) is 60.8 Å². The van der Waals surface area contributed by atoms with Crippen molar-refractivity contribution in [3.05, 3.63) is 71.9 Å². The fourth-order valence-electron chi connectivity index (χ4n) is 2.22. The third-order valence-electron chi connectivity index (χ3n) is 3.22. The van der Waals surface area contributed by atoms with Gasteiger partial charge in [-0.15, -0.1) is 0 Å². The third-order valence-corrected chi connectivity index (χ3v) is 3.22. The Labute approximate surface area is 116 Å². The highest BCUT2D eigenvalue weighted by Crippen LogP contribution is 2.21. The highest BCUT2D eigenvalue weighted by atomic mass is 16.5. The smallest absolute Gasteiger partial charge is 0.193 e. The molecule has 0 saturated heterocycles. The quantitative estimate of drug-likeness (QED) is 0.679. The van der Waals surface area contributed by atoms with Crippen molar-refractivity contribution in [3.8, 4) is 5.75 Å². The first kappa shape index (κ1) is 12.4. The Hall–Kier alpha value is -2.68. The molecule has 20 heavy (non-hydrogen) atoms. The molecular formula is C17H13NO2. The number of pyridine rings is 1. The van der Waals surface area contributed by atoms with Crippen LogP contribution in [0.4, 0.5) is 0 Å². The van der Waals surface area contributed by atoms with Crippen LogP contribution in [-0.4, -0.2) is 17.9 Å². The summed E-state index contributed by atoms with van der Waals surface area (Å²) in [6.07, 6.45) is 1.72. The Bertz CT molecular complexity index is 775. The summed E-state index contributed by atoms with van der Waals surface area (Å²) in [7, 11) is 1.59. The molecule has 0 N–H and O–H groups in total. The minimum absolute atomic E-state index is 0.0255. The van der Waals surface area contributed by atoms with E-state index in [-0.39, 0.29) is 5.78 Å². The van der Waals surface area contributed by atoms with Crippen LogP contribution in [0.25, 0.3) is 10.9 Å². The summed E-state index contributed by atoms with van der Waals surface area (Å²) < 4.78 is 5.16. The van der Waals surface area contributed by atoms with E-state index in [0.29, 0.717) is 16.9 Å². The fraction of sp³-hybridized carbons (Fsp3) is 0.0588. The zero-order chi connectivity index (χ0) is 13.9. The molecule has 2 aromatic carbocycles. The van der Waals surface area contributed by atoms with Crippen molar-refractivity contribution in [1.29, 1.82) is 0 Å². The van der Waals surface area contributed by atoms with Gasteiger partial charge in [0.05, 0.1) is 12.6 Å². The van der Waals surface area contributed by atoms with Crippen LogP contribution in [0.2, 0.25) is 0 Å². The van der Waals surface area contributed by atoms with E-state index in [9.17, 15) is 4.79 Å². The molecule has 0 aliphatic carbocycles. The molecule has 0 amide bonds. The number of ketones is 1. The second kappa shape index (κ2) is 5.13. The van der Waals surface area contributed by atoms with Gasteiger partial charge < -0.3 is 4.74 Å². The predicted molar refractivity (Wildman–Crippen MR) is 78.2 cm³/mol. The maximum Gasteiger partial charge on any atom is 0.193 e. The van der Waals surface area contributed by atoms with Crippen molar-refractivity contribution >= 4 is 16.7 Å². The average molecular weight is 263 g/mol. The minimum atomic E-state index is -0.0255. The Morgan fingerprint density at radius 3 is 2.75 bits per heavy atom. The van der Waals surface area contributed by atoms with Crippen LogP contribution in [0.1, 0.15) is 15.9 Å². The molecular weight excluding hydrogens is 250 g/mol. The van der Waals surface area contributed by atoms with Gasteiger partial charge in [-0.2, -0.15) is 0 Å². The summed E-state index contributed by atoms with van der Waals surface area (Å²) in [5.74, 6) is 0.650. The van der Waals surface area contributed by atoms with Gasteiger partial charge in [-0.05, 0) is 24.3 Å². The standard InChI is InChI=1S/C17H13NO2/c1-20-13-6-2-5-12(11-13)17(19)15-7-3-9-16-14(15)8-4-10-18-16/h2-11H,1H3. The van der Waals surface area contributed by atoms with Gasteiger partial charge >= 0.3 is 0 Å². The number of hydrogen-bond donors (Lipinski definition) is 0. The van der Waals surface area contributed by atoms with Gasteiger partial charge in [0.1, 0.15) is 5.75 Å². The van der Waals surface area contributed by atoms with Gasteiger partial charge in [0.2, 0.25) is 0 Å². The molecule has 3 heteroatoms. The average Bonchev–Trinajstić information content (AvgIpc) is 2.53. The summed E-state index contributed by atoms with van der Waals surface area (Å²) in [6, 6.07) is 16.5. The van der Waals surface area contributed by atoms with Crippen LogP contribution in [-0.2, 0) is 0 Å². The van der Waals surface area contributed by atoms with Gasteiger partial charge in [0.25, 0.3) is 0 Å². The molecule has 3 aromatic rings. The van der Waals surface area contributed by atoms with Gasteiger partial charge in [-0.25, -0.2) is 0 Å². The zero-order valence-electron chi connectivity index (χ0n) is 11.0. The van der Waals surface area contributed by atoms with Crippen molar-refractivity contribution in [2.45, 2.75) is 0 Å². The molecule has 0 fully saturated rings. The van der Waals surface area contributed by atoms with Crippen LogP contribution in [0.3, 0.4) is 0 Å². The molecule has 1 aromatic heterocycles. The van der Waals surface area contributed by atoms with Crippen molar-refractivity contribution < 1.29 is 9.53 Å². The summed E-state index contributed by atoms with van der Waals surface area (Å²) in [5, 5.41) is 0.864. The Morgan fingerprint density at radius 2 is 1.90 bits per heavy atom. The van der Waals surface area contributed by atoms with E-state index in [0.717, 1.165) is 10.9 Å². The van der Waals surface area contributed by atoms with E-state index >= 15 is 0 Å². The highest BCUT2D eigenvalue weighted by Gasteiger charge is 2.13. The molecule has 3 nitrogen and oxygen atoms in total. The molecule has 0 atom stereocenters. The molecule has 0 bridgehead atoms. The van der Waals surface area contributed by atoms with Crippen LogP contribution >= 0.6 is 0 Å². The van der Waals surface area contributed by atoms with Crippen molar-refractivity contribution in [1.82, 2.24) is 4.98 Å². The number of aromatic nitrogens is 1. The van der Waals surface area contributed by atoms with E-state index in [1.807, 2.05) is 42.5 Å². The van der Waals surface area contributed by atoms with E-state index in [1.54, 1.807) is 25.4 Å². The maximum atomic E-state index is 12.6. The monoisotopic (exact) mass is 263 g/mol. The number of fused-ring (bicyclic) bond motifs is 1. The van der Waals surface area contributed by atoms with E-state index in [1.165, 1.54) is 0 Å². The molecule has 98 valence electrons. The lowest BCUT2D eigenvalue weighted by molar-refractivity contribution is 0.104. The van der Waals surface area contributed by atoms with Crippen molar-refractivity contribution in [3.63, 3.8) is 0 Å². The predicted octanol–water partition coefficient (Wildman–Crippen LogP) is 3.47. The fourth-order valence-corrected chi connectivity index (χ4v) is 2.22. The molecule has 1 heterocycles. The normalized spacial score (nSPS) is 10.4. The first-order valence-electron chi connectivity index (χ1n) is 6.32. The van der Waals surface area contributed by atoms with E-state index < -0.39 is 0 Å². The number of benzene rings is 2. The summed E-state index contributed by atoms with van der Waals surface area (Å²) in [6.45, 7) is 0. The lowest BCUT2D eigenvalue weighted by atomic mass is 9.99. The van der Waals surface area contributed by atoms with Crippen LogP contribution in [0.5, 0.6) is 5.75 Å². The number of nitrogens with zero attached hydrogens (tertiary/aromatic N) is 1. The van der Waals surface area contributed by atoms with Crippen LogP contribution in [0, 0.1) is 0 Å². The Kier molecular flexibility index (Phi) is 3.17. The molecule has 3 rings (SSSR count). The van der Waals surface area contributed by atoms with E-state index in [4.69, 9.17) is 4.74 Å². The number of ether oxygens (including phenoxy) is 1. The largest absolute Gasteiger partial charge is 0.497 e.